The summed E-state index contributed by atoms with van der Waals surface area (Å²) in [6.07, 6.45) is 1.74. The first kappa shape index (κ1) is 14.5. The summed E-state index contributed by atoms with van der Waals surface area (Å²) in [4.78, 5) is 2.37. The summed E-state index contributed by atoms with van der Waals surface area (Å²) in [5, 5.41) is 10.7. The van der Waals surface area contributed by atoms with Gasteiger partial charge in [-0.1, -0.05) is 38.1 Å². The predicted octanol–water partition coefficient (Wildman–Crippen LogP) is 3.72. The van der Waals surface area contributed by atoms with Crippen LogP contribution in [0.25, 0.3) is 0 Å². The molecule has 0 saturated heterocycles. The minimum atomic E-state index is -0.372. The molecule has 0 amide bonds. The first-order valence-corrected chi connectivity index (χ1v) is 7.38. The van der Waals surface area contributed by atoms with Crippen LogP contribution in [0.2, 0.25) is 0 Å². The van der Waals surface area contributed by atoms with Gasteiger partial charge in [0.05, 0.1) is 6.10 Å². The van der Waals surface area contributed by atoms with Crippen LogP contribution < -0.4 is 0 Å². The van der Waals surface area contributed by atoms with Crippen molar-refractivity contribution >= 4 is 0 Å². The molecule has 3 unspecified atom stereocenters. The number of aliphatic hydroxyl groups excluding tert-OH is 1. The highest BCUT2D eigenvalue weighted by atomic mass is 16.3. The third-order valence-corrected chi connectivity index (χ3v) is 5.12. The zero-order valence-corrected chi connectivity index (χ0v) is 12.9. The molecule has 0 saturated carbocycles. The summed E-state index contributed by atoms with van der Waals surface area (Å²) in [5.74, 6) is 0.514. The Bertz CT molecular complexity index is 441. The molecular weight excluding hydrogens is 234 g/mol. The van der Waals surface area contributed by atoms with Gasteiger partial charge in [0.25, 0.3) is 0 Å². The van der Waals surface area contributed by atoms with Gasteiger partial charge in [-0.25, -0.2) is 0 Å². The molecule has 19 heavy (non-hydrogen) atoms. The number of nitrogens with zero attached hydrogens (tertiary/aromatic N) is 1. The molecule has 0 aliphatic heterocycles. The van der Waals surface area contributed by atoms with Gasteiger partial charge < -0.3 is 5.11 Å². The van der Waals surface area contributed by atoms with Gasteiger partial charge in [-0.05, 0) is 50.8 Å². The molecule has 1 aliphatic carbocycles. The highest BCUT2D eigenvalue weighted by Crippen LogP contribution is 2.41. The number of hydrogen-bond donors (Lipinski definition) is 1. The van der Waals surface area contributed by atoms with E-state index in [1.54, 1.807) is 0 Å². The molecule has 1 N–H and O–H groups in total. The van der Waals surface area contributed by atoms with Crippen LogP contribution in [0.15, 0.2) is 24.3 Å². The van der Waals surface area contributed by atoms with E-state index in [0.717, 1.165) is 18.4 Å². The third kappa shape index (κ3) is 2.56. The van der Waals surface area contributed by atoms with E-state index in [4.69, 9.17) is 0 Å². The predicted molar refractivity (Wildman–Crippen MR) is 80.4 cm³/mol. The highest BCUT2D eigenvalue weighted by molar-refractivity contribution is 5.35. The first-order valence-electron chi connectivity index (χ1n) is 7.38. The van der Waals surface area contributed by atoms with E-state index in [9.17, 15) is 5.11 Å². The minimum absolute atomic E-state index is 0.123. The fraction of sp³-hybridized carbons (Fsp3) is 0.647. The standard InChI is InChI=1S/C17H27NO/c1-6-17(3,4)18(5)15-11-12(2)13-9-7-8-10-14(13)16(15)19/h7-10,12,15-16,19H,6,11H2,1-5H3. The van der Waals surface area contributed by atoms with Crippen molar-refractivity contribution in [3.05, 3.63) is 35.4 Å². The van der Waals surface area contributed by atoms with E-state index in [1.807, 2.05) is 6.07 Å². The van der Waals surface area contributed by atoms with Crippen molar-refractivity contribution in [2.24, 2.45) is 0 Å². The maximum absolute atomic E-state index is 10.7. The molecule has 2 rings (SSSR count). The maximum Gasteiger partial charge on any atom is 0.0948 e. The first-order chi connectivity index (χ1) is 8.88. The molecule has 0 radical (unpaired) electrons. The molecule has 1 aromatic carbocycles. The summed E-state index contributed by atoms with van der Waals surface area (Å²) in [6, 6.07) is 8.55. The Morgan fingerprint density at radius 3 is 2.42 bits per heavy atom. The van der Waals surface area contributed by atoms with Gasteiger partial charge in [0.15, 0.2) is 0 Å². The lowest BCUT2D eigenvalue weighted by Crippen LogP contribution is -2.51. The van der Waals surface area contributed by atoms with Crippen LogP contribution in [0.5, 0.6) is 0 Å². The molecule has 1 aromatic rings. The van der Waals surface area contributed by atoms with Gasteiger partial charge in [-0.3, -0.25) is 4.90 Å². The van der Waals surface area contributed by atoms with Crippen LogP contribution >= 0.6 is 0 Å². The second-order valence-electron chi connectivity index (χ2n) is 6.55. The average Bonchev–Trinajstić information content (AvgIpc) is 2.42. The smallest absolute Gasteiger partial charge is 0.0948 e. The lowest BCUT2D eigenvalue weighted by Gasteiger charge is -2.46. The van der Waals surface area contributed by atoms with Crippen LogP contribution in [0, 0.1) is 0 Å². The molecule has 1 aliphatic rings. The Labute approximate surface area is 117 Å². The summed E-state index contributed by atoms with van der Waals surface area (Å²) in [5.41, 5.74) is 2.55. The number of fused-ring (bicyclic) bond motifs is 1. The summed E-state index contributed by atoms with van der Waals surface area (Å²) < 4.78 is 0. The van der Waals surface area contributed by atoms with Crippen molar-refractivity contribution in [1.82, 2.24) is 4.90 Å². The molecule has 0 aromatic heterocycles. The van der Waals surface area contributed by atoms with E-state index in [1.165, 1.54) is 5.56 Å². The zero-order chi connectivity index (χ0) is 14.2. The largest absolute Gasteiger partial charge is 0.387 e. The van der Waals surface area contributed by atoms with E-state index in [-0.39, 0.29) is 17.7 Å². The summed E-state index contributed by atoms with van der Waals surface area (Å²) >= 11 is 0. The Morgan fingerprint density at radius 2 is 1.84 bits per heavy atom. The van der Waals surface area contributed by atoms with Gasteiger partial charge in [-0.2, -0.15) is 0 Å². The minimum Gasteiger partial charge on any atom is -0.387 e. The summed E-state index contributed by atoms with van der Waals surface area (Å²) in [7, 11) is 2.15. The van der Waals surface area contributed by atoms with Crippen molar-refractivity contribution < 1.29 is 5.11 Å². The molecule has 0 fully saturated rings. The second kappa shape index (κ2) is 5.26. The van der Waals surface area contributed by atoms with E-state index >= 15 is 0 Å². The molecule has 2 nitrogen and oxygen atoms in total. The number of rotatable bonds is 3. The van der Waals surface area contributed by atoms with Gasteiger partial charge >= 0.3 is 0 Å². The fourth-order valence-electron chi connectivity index (χ4n) is 3.12. The molecular formula is C17H27NO. The fourth-order valence-corrected chi connectivity index (χ4v) is 3.12. The van der Waals surface area contributed by atoms with E-state index < -0.39 is 0 Å². The zero-order valence-electron chi connectivity index (χ0n) is 12.9. The Kier molecular flexibility index (Phi) is 4.03. The van der Waals surface area contributed by atoms with Crippen LogP contribution in [-0.2, 0) is 0 Å². The monoisotopic (exact) mass is 261 g/mol. The van der Waals surface area contributed by atoms with Crippen molar-refractivity contribution in [2.75, 3.05) is 7.05 Å². The SMILES string of the molecule is CCC(C)(C)N(C)C1CC(C)c2ccccc2C1O. The lowest BCUT2D eigenvalue weighted by molar-refractivity contribution is -0.00603. The summed E-state index contributed by atoms with van der Waals surface area (Å²) in [6.45, 7) is 8.99. The number of benzene rings is 1. The third-order valence-electron chi connectivity index (χ3n) is 5.12. The van der Waals surface area contributed by atoms with Crippen LogP contribution in [0.1, 0.15) is 63.7 Å². The topological polar surface area (TPSA) is 23.5 Å². The number of aliphatic hydroxyl groups is 1. The Balaban J connectivity index is 2.32. The van der Waals surface area contributed by atoms with Crippen molar-refractivity contribution in [3.63, 3.8) is 0 Å². The van der Waals surface area contributed by atoms with Crippen LogP contribution in [-0.4, -0.2) is 28.6 Å². The normalized spacial score (nSPS) is 27.4. The van der Waals surface area contributed by atoms with Gasteiger partial charge in [0.1, 0.15) is 0 Å². The maximum atomic E-state index is 10.7. The molecule has 0 spiro atoms. The average molecular weight is 261 g/mol. The molecule has 2 heteroatoms. The van der Waals surface area contributed by atoms with Gasteiger partial charge in [0, 0.05) is 11.6 Å². The van der Waals surface area contributed by atoms with E-state index in [2.05, 4.69) is 57.8 Å². The van der Waals surface area contributed by atoms with Crippen LogP contribution in [0.4, 0.5) is 0 Å². The van der Waals surface area contributed by atoms with Crippen molar-refractivity contribution in [2.45, 2.75) is 64.1 Å². The lowest BCUT2D eigenvalue weighted by atomic mass is 9.77. The van der Waals surface area contributed by atoms with Crippen LogP contribution in [0.3, 0.4) is 0 Å². The number of likely N-dealkylation sites (N-methyl/N-ethyl adjacent to an activating group) is 1. The molecule has 3 atom stereocenters. The van der Waals surface area contributed by atoms with E-state index in [0.29, 0.717) is 5.92 Å². The van der Waals surface area contributed by atoms with Crippen molar-refractivity contribution in [1.29, 1.82) is 0 Å². The molecule has 0 heterocycles. The molecule has 0 bridgehead atoms. The second-order valence-corrected chi connectivity index (χ2v) is 6.55. The Hall–Kier alpha value is -0.860. The quantitative estimate of drug-likeness (QED) is 0.896. The van der Waals surface area contributed by atoms with Crippen molar-refractivity contribution in [3.8, 4) is 0 Å². The molecule has 106 valence electrons. The number of hydrogen-bond acceptors (Lipinski definition) is 2. The van der Waals surface area contributed by atoms with Gasteiger partial charge in [0.2, 0.25) is 0 Å². The van der Waals surface area contributed by atoms with Gasteiger partial charge in [-0.15, -0.1) is 0 Å². The highest BCUT2D eigenvalue weighted by Gasteiger charge is 2.38. The Morgan fingerprint density at radius 1 is 1.26 bits per heavy atom.